The van der Waals surface area contributed by atoms with E-state index in [1.165, 1.54) is 0 Å². The average Bonchev–Trinajstić information content (AvgIpc) is 3.66. The van der Waals surface area contributed by atoms with Crippen LogP contribution >= 0.6 is 0 Å². The van der Waals surface area contributed by atoms with Crippen molar-refractivity contribution >= 4 is 86.7 Å². The van der Waals surface area contributed by atoms with Crippen molar-refractivity contribution in [3.8, 4) is 0 Å². The molecule has 0 aliphatic rings. The number of aromatic nitrogens is 4. The molecule has 4 heterocycles. The Bertz CT molecular complexity index is 2800. The Labute approximate surface area is 217 Å². The molecule has 0 fully saturated rings. The topological polar surface area (TPSA) is 166 Å². The Hall–Kier alpha value is -5.90. The van der Waals surface area contributed by atoms with Crippen LogP contribution in [-0.4, -0.2) is 19.9 Å². The molecule has 10 nitrogen and oxygen atoms in total. The van der Waals surface area contributed by atoms with E-state index in [2.05, 4.69) is 19.9 Å². The first-order valence-corrected chi connectivity index (χ1v) is 12.4. The number of aromatic amines is 4. The highest BCUT2D eigenvalue weighted by Gasteiger charge is 2.29. The molecule has 0 spiro atoms. The molecule has 5 aromatic carbocycles. The van der Waals surface area contributed by atoms with Gasteiger partial charge in [0.2, 0.25) is 0 Å². The number of fused-ring (bicyclic) bond motifs is 16. The third-order valence-electron chi connectivity index (χ3n) is 8.18. The summed E-state index contributed by atoms with van der Waals surface area (Å²) in [5, 5.41) is 0.896. The van der Waals surface area contributed by atoms with Crippen molar-refractivity contribution in [1.82, 2.24) is 19.9 Å². The monoisotopic (exact) mass is 524 g/mol. The number of benzene rings is 5. The Morgan fingerprint density at radius 1 is 0.350 bits per heavy atom. The zero-order valence-electron chi connectivity index (χ0n) is 20.1. The zero-order valence-corrected chi connectivity index (χ0v) is 20.1. The molecule has 188 valence electrons. The summed E-state index contributed by atoms with van der Waals surface area (Å²) in [6, 6.07) is 14.1. The maximum absolute atomic E-state index is 14.5. The first kappa shape index (κ1) is 21.1. The van der Waals surface area contributed by atoms with Gasteiger partial charge in [-0.2, -0.15) is 0 Å². The second-order valence-corrected chi connectivity index (χ2v) is 10.1. The molecule has 0 saturated carbocycles. The number of nitrogens with one attached hydrogen (secondary N) is 4. The van der Waals surface area contributed by atoms with Gasteiger partial charge in [-0.05, 0) is 12.1 Å². The van der Waals surface area contributed by atoms with E-state index in [9.17, 15) is 28.8 Å². The lowest BCUT2D eigenvalue weighted by atomic mass is 9.92. The zero-order chi connectivity index (χ0) is 27.2. The number of hydrogen-bond donors (Lipinski definition) is 4. The van der Waals surface area contributed by atoms with Crippen LogP contribution in [0.2, 0.25) is 0 Å². The Kier molecular flexibility index (Phi) is 3.46. The predicted molar refractivity (Wildman–Crippen MR) is 155 cm³/mol. The van der Waals surface area contributed by atoms with Gasteiger partial charge in [0, 0.05) is 43.4 Å². The van der Waals surface area contributed by atoms with Gasteiger partial charge in [-0.15, -0.1) is 0 Å². The van der Waals surface area contributed by atoms with Crippen LogP contribution in [0.25, 0.3) is 86.7 Å². The largest absolute Gasteiger partial charge is 0.354 e. The highest BCUT2D eigenvalue weighted by atomic mass is 16.2. The van der Waals surface area contributed by atoms with E-state index in [0.29, 0.717) is 32.6 Å². The van der Waals surface area contributed by atoms with Crippen LogP contribution in [0.4, 0.5) is 0 Å². The summed E-state index contributed by atoms with van der Waals surface area (Å²) in [4.78, 5) is 92.4. The van der Waals surface area contributed by atoms with Crippen molar-refractivity contribution in [2.75, 3.05) is 0 Å². The third kappa shape index (κ3) is 2.15. The molecule has 4 aromatic heterocycles. The maximum atomic E-state index is 14.5. The first-order chi connectivity index (χ1) is 19.4. The lowest BCUT2D eigenvalue weighted by molar-refractivity contribution is 1.26. The molecule has 0 radical (unpaired) electrons. The molecular formula is C30H12N4O6. The SMILES string of the molecule is O=c1c2c3[nH]c4ccccc4c3c3c(=O)[nH]c(=O)c3c2c(=O)c2c3[nH]c4ccccc4c3c3c(=O)[nH]c(=O)c3c12. The van der Waals surface area contributed by atoms with Crippen LogP contribution in [0.1, 0.15) is 0 Å². The highest BCUT2D eigenvalue weighted by molar-refractivity contribution is 6.36. The molecule has 0 unspecified atom stereocenters. The molecule has 40 heavy (non-hydrogen) atoms. The normalized spacial score (nSPS) is 12.6. The summed E-state index contributed by atoms with van der Waals surface area (Å²) in [5.41, 5.74) is -2.69. The van der Waals surface area contributed by atoms with E-state index in [1.807, 2.05) is 0 Å². The first-order valence-electron chi connectivity index (χ1n) is 12.4. The van der Waals surface area contributed by atoms with Gasteiger partial charge in [0.15, 0.2) is 10.9 Å². The summed E-state index contributed by atoms with van der Waals surface area (Å²) < 4.78 is 0. The van der Waals surface area contributed by atoms with E-state index < -0.39 is 33.1 Å². The van der Waals surface area contributed by atoms with Gasteiger partial charge in [0.1, 0.15) is 0 Å². The van der Waals surface area contributed by atoms with E-state index in [4.69, 9.17) is 0 Å². The van der Waals surface area contributed by atoms with Crippen LogP contribution in [0.5, 0.6) is 0 Å². The van der Waals surface area contributed by atoms with Gasteiger partial charge in [0.25, 0.3) is 22.2 Å². The predicted octanol–water partition coefficient (Wildman–Crippen LogP) is 2.70. The smallest absolute Gasteiger partial charge is 0.259 e. The standard InChI is InChI=1S/C30H12N4O6/c35-25-16-20-18(28(38)34-30(20)40)14-10-6-2-4-8-12(10)32-24(14)22(16)26(36)15-19-17(27(37)33-29(19)39)13-9-5-1-3-7-11(9)31-23(13)21(15)25/h1-8,31-32H,(H,33,37,39)(H,34,38,40). The van der Waals surface area contributed by atoms with Gasteiger partial charge >= 0.3 is 0 Å². The number of H-pyrrole nitrogens is 4. The summed E-state index contributed by atoms with van der Waals surface area (Å²) in [7, 11) is 0. The summed E-state index contributed by atoms with van der Waals surface area (Å²) in [6.45, 7) is 0. The molecule has 9 aromatic rings. The van der Waals surface area contributed by atoms with Crippen LogP contribution in [0, 0.1) is 0 Å². The summed E-state index contributed by atoms with van der Waals surface area (Å²) in [6.07, 6.45) is 0. The van der Waals surface area contributed by atoms with Crippen LogP contribution in [0.15, 0.2) is 77.3 Å². The molecule has 0 atom stereocenters. The molecule has 0 bridgehead atoms. The highest BCUT2D eigenvalue weighted by Crippen LogP contribution is 2.38. The van der Waals surface area contributed by atoms with Crippen LogP contribution < -0.4 is 33.1 Å². The maximum Gasteiger partial charge on any atom is 0.259 e. The third-order valence-corrected chi connectivity index (χ3v) is 8.18. The molecule has 0 aliphatic heterocycles. The fourth-order valence-electron chi connectivity index (χ4n) is 6.70. The summed E-state index contributed by atoms with van der Waals surface area (Å²) >= 11 is 0. The van der Waals surface area contributed by atoms with E-state index in [-0.39, 0.29) is 54.1 Å². The number of hydrogen-bond acceptors (Lipinski definition) is 6. The Morgan fingerprint density at radius 2 is 0.700 bits per heavy atom. The van der Waals surface area contributed by atoms with Gasteiger partial charge in [0.05, 0.1) is 43.4 Å². The second-order valence-electron chi connectivity index (χ2n) is 10.1. The number of para-hydroxylation sites is 2. The molecule has 4 N–H and O–H groups in total. The van der Waals surface area contributed by atoms with Gasteiger partial charge in [-0.25, -0.2) is 0 Å². The minimum absolute atomic E-state index is 0.0165. The molecule has 0 amide bonds. The van der Waals surface area contributed by atoms with Crippen molar-refractivity contribution < 1.29 is 0 Å². The molecule has 0 saturated heterocycles. The van der Waals surface area contributed by atoms with E-state index in [0.717, 1.165) is 0 Å². The fraction of sp³-hybridized carbons (Fsp3) is 0. The van der Waals surface area contributed by atoms with Crippen molar-refractivity contribution in [2.45, 2.75) is 0 Å². The fourth-order valence-corrected chi connectivity index (χ4v) is 6.70. The van der Waals surface area contributed by atoms with Crippen molar-refractivity contribution in [2.24, 2.45) is 0 Å². The Balaban J connectivity index is 1.77. The Morgan fingerprint density at radius 3 is 1.10 bits per heavy atom. The van der Waals surface area contributed by atoms with E-state index in [1.54, 1.807) is 48.5 Å². The summed E-state index contributed by atoms with van der Waals surface area (Å²) in [5.74, 6) is 0. The van der Waals surface area contributed by atoms with Gasteiger partial charge < -0.3 is 9.97 Å². The van der Waals surface area contributed by atoms with Gasteiger partial charge in [-0.3, -0.25) is 38.7 Å². The lowest BCUT2D eigenvalue weighted by Crippen LogP contribution is -2.17. The van der Waals surface area contributed by atoms with Crippen LogP contribution in [0.3, 0.4) is 0 Å². The van der Waals surface area contributed by atoms with Crippen LogP contribution in [-0.2, 0) is 0 Å². The lowest BCUT2D eigenvalue weighted by Gasteiger charge is -2.07. The van der Waals surface area contributed by atoms with Crippen molar-refractivity contribution in [1.29, 1.82) is 0 Å². The minimum atomic E-state index is -0.782. The van der Waals surface area contributed by atoms with Gasteiger partial charge in [-0.1, -0.05) is 36.4 Å². The number of rotatable bonds is 0. The van der Waals surface area contributed by atoms with E-state index >= 15 is 0 Å². The van der Waals surface area contributed by atoms with Crippen molar-refractivity contribution in [3.05, 3.63) is 110 Å². The average molecular weight is 524 g/mol. The van der Waals surface area contributed by atoms with Crippen molar-refractivity contribution in [3.63, 3.8) is 0 Å². The minimum Gasteiger partial charge on any atom is -0.354 e. The molecule has 0 aliphatic carbocycles. The molecular weight excluding hydrogens is 512 g/mol. The quantitative estimate of drug-likeness (QED) is 0.223. The molecule has 9 rings (SSSR count). The second kappa shape index (κ2) is 6.56. The molecule has 10 heteroatoms.